The third kappa shape index (κ3) is 3.84. The second-order valence-electron chi connectivity index (χ2n) is 6.17. The number of amides is 2. The number of carbonyl (C=O) groups excluding carboxylic acids is 2. The molecule has 1 aliphatic rings. The molecule has 0 aliphatic carbocycles. The van der Waals surface area contributed by atoms with Gasteiger partial charge in [-0.15, -0.1) is 0 Å². The standard InChI is InChI=1S/C20H16ClN3O4/c21-14-9-12(10-17-19(14)28-8-7-27-17)11-18(25)23-24-20(26)16-6-5-13-3-1-2-4-15(13)22-16/h1-6,9-10H,7-8,11H2,(H,23,25)(H,24,26). The number of para-hydroxylation sites is 1. The van der Waals surface area contributed by atoms with Crippen molar-refractivity contribution < 1.29 is 19.1 Å². The quantitative estimate of drug-likeness (QED) is 0.663. The van der Waals surface area contributed by atoms with E-state index < -0.39 is 11.8 Å². The zero-order valence-electron chi connectivity index (χ0n) is 14.7. The fourth-order valence-electron chi connectivity index (χ4n) is 2.88. The molecule has 28 heavy (non-hydrogen) atoms. The van der Waals surface area contributed by atoms with E-state index >= 15 is 0 Å². The highest BCUT2D eigenvalue weighted by molar-refractivity contribution is 6.32. The number of nitrogens with zero attached hydrogens (tertiary/aromatic N) is 1. The first kappa shape index (κ1) is 18.1. The first-order chi connectivity index (χ1) is 13.6. The summed E-state index contributed by atoms with van der Waals surface area (Å²) in [5, 5.41) is 1.31. The van der Waals surface area contributed by atoms with Crippen LogP contribution in [0, 0.1) is 0 Å². The van der Waals surface area contributed by atoms with Gasteiger partial charge in [-0.3, -0.25) is 20.4 Å². The second-order valence-corrected chi connectivity index (χ2v) is 6.58. The van der Waals surface area contributed by atoms with Gasteiger partial charge in [-0.2, -0.15) is 0 Å². The third-order valence-electron chi connectivity index (χ3n) is 4.17. The van der Waals surface area contributed by atoms with Crippen molar-refractivity contribution in [2.75, 3.05) is 13.2 Å². The molecule has 7 nitrogen and oxygen atoms in total. The van der Waals surface area contributed by atoms with E-state index in [1.807, 2.05) is 24.3 Å². The number of halogens is 1. The molecule has 0 saturated carbocycles. The van der Waals surface area contributed by atoms with E-state index in [1.54, 1.807) is 24.3 Å². The van der Waals surface area contributed by atoms with Gasteiger partial charge in [0, 0.05) is 5.39 Å². The van der Waals surface area contributed by atoms with Gasteiger partial charge >= 0.3 is 0 Å². The van der Waals surface area contributed by atoms with E-state index in [1.165, 1.54) is 0 Å². The number of benzene rings is 2. The minimum absolute atomic E-state index is 0.0157. The lowest BCUT2D eigenvalue weighted by Crippen LogP contribution is -2.42. The van der Waals surface area contributed by atoms with Gasteiger partial charge in [-0.25, -0.2) is 4.98 Å². The van der Waals surface area contributed by atoms with Crippen LogP contribution in [0.4, 0.5) is 0 Å². The molecule has 1 aromatic heterocycles. The minimum Gasteiger partial charge on any atom is -0.486 e. The van der Waals surface area contributed by atoms with Crippen molar-refractivity contribution in [2.45, 2.75) is 6.42 Å². The number of hydrogen-bond acceptors (Lipinski definition) is 5. The number of hydrogen-bond donors (Lipinski definition) is 2. The number of fused-ring (bicyclic) bond motifs is 2. The maximum absolute atomic E-state index is 12.2. The molecule has 2 amide bonds. The first-order valence-electron chi connectivity index (χ1n) is 8.63. The first-order valence-corrected chi connectivity index (χ1v) is 9.01. The van der Waals surface area contributed by atoms with Crippen molar-refractivity contribution >= 4 is 34.3 Å². The number of pyridine rings is 1. The average molecular weight is 398 g/mol. The highest BCUT2D eigenvalue weighted by Crippen LogP contribution is 2.38. The van der Waals surface area contributed by atoms with Crippen LogP contribution in [0.2, 0.25) is 5.02 Å². The predicted molar refractivity (Wildman–Crippen MR) is 103 cm³/mol. The third-order valence-corrected chi connectivity index (χ3v) is 4.45. The van der Waals surface area contributed by atoms with Crippen LogP contribution in [-0.2, 0) is 11.2 Å². The fraction of sp³-hybridized carbons (Fsp3) is 0.150. The van der Waals surface area contributed by atoms with Crippen molar-refractivity contribution in [1.29, 1.82) is 0 Å². The summed E-state index contributed by atoms with van der Waals surface area (Å²) in [5.41, 5.74) is 6.31. The molecule has 1 aliphatic heterocycles. The Morgan fingerprint density at radius 3 is 2.75 bits per heavy atom. The summed E-state index contributed by atoms with van der Waals surface area (Å²) >= 11 is 6.17. The van der Waals surface area contributed by atoms with Crippen LogP contribution < -0.4 is 20.3 Å². The molecule has 0 spiro atoms. The summed E-state index contributed by atoms with van der Waals surface area (Å²) < 4.78 is 10.9. The molecular formula is C20H16ClN3O4. The Bertz CT molecular complexity index is 1070. The Morgan fingerprint density at radius 2 is 1.86 bits per heavy atom. The molecule has 4 rings (SSSR count). The van der Waals surface area contributed by atoms with Gasteiger partial charge in [0.05, 0.1) is 17.0 Å². The molecule has 0 radical (unpaired) electrons. The lowest BCUT2D eigenvalue weighted by atomic mass is 10.1. The molecule has 2 heterocycles. The Hall–Kier alpha value is -3.32. The fourth-order valence-corrected chi connectivity index (χ4v) is 3.17. The number of aromatic nitrogens is 1. The monoisotopic (exact) mass is 397 g/mol. The predicted octanol–water partition coefficient (Wildman–Crippen LogP) is 2.66. The molecule has 0 bridgehead atoms. The maximum atomic E-state index is 12.2. The van der Waals surface area contributed by atoms with Gasteiger partial charge in [0.25, 0.3) is 5.91 Å². The van der Waals surface area contributed by atoms with E-state index in [4.69, 9.17) is 21.1 Å². The van der Waals surface area contributed by atoms with E-state index in [0.29, 0.717) is 40.8 Å². The number of carbonyl (C=O) groups is 2. The van der Waals surface area contributed by atoms with Crippen LogP contribution in [0.3, 0.4) is 0 Å². The van der Waals surface area contributed by atoms with Gasteiger partial charge in [-0.05, 0) is 29.8 Å². The topological polar surface area (TPSA) is 89.5 Å². The van der Waals surface area contributed by atoms with Gasteiger partial charge in [-0.1, -0.05) is 35.9 Å². The largest absolute Gasteiger partial charge is 0.486 e. The Labute approximate surface area is 165 Å². The highest BCUT2D eigenvalue weighted by atomic mass is 35.5. The molecule has 0 unspecified atom stereocenters. The lowest BCUT2D eigenvalue weighted by molar-refractivity contribution is -0.121. The molecule has 2 N–H and O–H groups in total. The van der Waals surface area contributed by atoms with Crippen LogP contribution in [0.5, 0.6) is 11.5 Å². The average Bonchev–Trinajstić information content (AvgIpc) is 2.71. The molecule has 0 atom stereocenters. The Kier molecular flexibility index (Phi) is 4.99. The summed E-state index contributed by atoms with van der Waals surface area (Å²) in [6, 6.07) is 14.2. The number of rotatable bonds is 3. The van der Waals surface area contributed by atoms with Gasteiger partial charge in [0.1, 0.15) is 18.9 Å². The Balaban J connectivity index is 1.38. The number of ether oxygens (including phenoxy) is 2. The van der Waals surface area contributed by atoms with E-state index in [9.17, 15) is 9.59 Å². The zero-order chi connectivity index (χ0) is 19.5. The van der Waals surface area contributed by atoms with Crippen LogP contribution in [-0.4, -0.2) is 30.0 Å². The highest BCUT2D eigenvalue weighted by Gasteiger charge is 2.18. The Morgan fingerprint density at radius 1 is 1.04 bits per heavy atom. The normalized spacial score (nSPS) is 12.5. The smallest absolute Gasteiger partial charge is 0.288 e. The summed E-state index contributed by atoms with van der Waals surface area (Å²) in [7, 11) is 0. The summed E-state index contributed by atoms with van der Waals surface area (Å²) in [4.78, 5) is 28.7. The van der Waals surface area contributed by atoms with Crippen LogP contribution in [0.1, 0.15) is 16.1 Å². The van der Waals surface area contributed by atoms with Crippen molar-refractivity contribution in [3.8, 4) is 11.5 Å². The molecule has 2 aromatic carbocycles. The van der Waals surface area contributed by atoms with Crippen LogP contribution in [0.25, 0.3) is 10.9 Å². The maximum Gasteiger partial charge on any atom is 0.288 e. The summed E-state index contributed by atoms with van der Waals surface area (Å²) in [5.74, 6) is 0.0832. The van der Waals surface area contributed by atoms with E-state index in [2.05, 4.69) is 15.8 Å². The van der Waals surface area contributed by atoms with Crippen LogP contribution in [0.15, 0.2) is 48.5 Å². The second kappa shape index (κ2) is 7.74. The van der Waals surface area contributed by atoms with Crippen molar-refractivity contribution in [3.05, 3.63) is 64.8 Å². The molecule has 0 fully saturated rings. The molecule has 142 valence electrons. The SMILES string of the molecule is O=C(Cc1cc(Cl)c2c(c1)OCCO2)NNC(=O)c1ccc2ccccc2n1. The van der Waals surface area contributed by atoms with Crippen molar-refractivity contribution in [3.63, 3.8) is 0 Å². The van der Waals surface area contributed by atoms with Crippen LogP contribution >= 0.6 is 11.6 Å². The van der Waals surface area contributed by atoms with Crippen molar-refractivity contribution in [2.24, 2.45) is 0 Å². The number of hydrazine groups is 1. The summed E-state index contributed by atoms with van der Waals surface area (Å²) in [6.45, 7) is 0.856. The molecular weight excluding hydrogens is 382 g/mol. The molecule has 0 saturated heterocycles. The lowest BCUT2D eigenvalue weighted by Gasteiger charge is -2.20. The summed E-state index contributed by atoms with van der Waals surface area (Å²) in [6.07, 6.45) is 0.0157. The van der Waals surface area contributed by atoms with Gasteiger partial charge < -0.3 is 9.47 Å². The molecule has 3 aromatic rings. The molecule has 8 heteroatoms. The van der Waals surface area contributed by atoms with E-state index in [0.717, 1.165) is 5.39 Å². The van der Waals surface area contributed by atoms with Gasteiger partial charge in [0.2, 0.25) is 5.91 Å². The minimum atomic E-state index is -0.501. The van der Waals surface area contributed by atoms with Crippen molar-refractivity contribution in [1.82, 2.24) is 15.8 Å². The van der Waals surface area contributed by atoms with E-state index in [-0.39, 0.29) is 12.1 Å². The van der Waals surface area contributed by atoms with Gasteiger partial charge in [0.15, 0.2) is 11.5 Å². The number of nitrogens with one attached hydrogen (secondary N) is 2. The zero-order valence-corrected chi connectivity index (χ0v) is 15.5.